The Hall–Kier alpha value is -1.58. The van der Waals surface area contributed by atoms with Gasteiger partial charge in [0, 0.05) is 0 Å². The Morgan fingerprint density at radius 3 is 2.35 bits per heavy atom. The van der Waals surface area contributed by atoms with Crippen LogP contribution in [0.25, 0.3) is 0 Å². The Kier molecular flexibility index (Phi) is 3.76. The van der Waals surface area contributed by atoms with E-state index in [0.717, 1.165) is 6.07 Å². The minimum Gasteiger partial charge on any atom is -0.385 e. The van der Waals surface area contributed by atoms with Crippen molar-refractivity contribution in [3.05, 3.63) is 34.9 Å². The van der Waals surface area contributed by atoms with Gasteiger partial charge in [0.15, 0.2) is 6.10 Å². The molecule has 1 aromatic carbocycles. The van der Waals surface area contributed by atoms with E-state index in [9.17, 15) is 18.3 Å². The molecule has 0 aliphatic heterocycles. The molecule has 0 radical (unpaired) electrons. The fourth-order valence-electron chi connectivity index (χ4n) is 1.38. The molecular formula is C11H10F3NO2. The molecule has 92 valence electrons. The van der Waals surface area contributed by atoms with Crippen molar-refractivity contribution in [2.75, 3.05) is 0 Å². The lowest BCUT2D eigenvalue weighted by Gasteiger charge is -2.16. The second kappa shape index (κ2) is 4.73. The molecule has 0 saturated heterocycles. The first-order chi connectivity index (χ1) is 7.77. The number of hydrogen-bond acceptors (Lipinski definition) is 3. The van der Waals surface area contributed by atoms with E-state index in [1.165, 1.54) is 25.1 Å². The summed E-state index contributed by atoms with van der Waals surface area (Å²) in [4.78, 5) is 0. The van der Waals surface area contributed by atoms with E-state index >= 15 is 0 Å². The highest BCUT2D eigenvalue weighted by Crippen LogP contribution is 2.33. The van der Waals surface area contributed by atoms with E-state index in [0.29, 0.717) is 0 Å². The molecule has 6 heteroatoms. The van der Waals surface area contributed by atoms with E-state index in [-0.39, 0.29) is 11.1 Å². The molecule has 0 heterocycles. The first-order valence-electron chi connectivity index (χ1n) is 4.71. The summed E-state index contributed by atoms with van der Waals surface area (Å²) < 4.78 is 37.7. The second-order valence-corrected chi connectivity index (χ2v) is 3.59. The number of rotatable bonds is 2. The van der Waals surface area contributed by atoms with Crippen molar-refractivity contribution >= 4 is 0 Å². The quantitative estimate of drug-likeness (QED) is 0.782. The molecule has 0 saturated carbocycles. The minimum absolute atomic E-state index is 0.0138. The van der Waals surface area contributed by atoms with Gasteiger partial charge >= 0.3 is 6.18 Å². The molecule has 1 aromatic rings. The average Bonchev–Trinajstić information content (AvgIpc) is 2.26. The summed E-state index contributed by atoms with van der Waals surface area (Å²) in [5.74, 6) is 0. The number of aliphatic hydroxyl groups is 2. The van der Waals surface area contributed by atoms with Crippen LogP contribution in [0, 0.1) is 18.3 Å². The summed E-state index contributed by atoms with van der Waals surface area (Å²) in [6.07, 6.45) is -7.93. The molecule has 0 amide bonds. The maximum atomic E-state index is 12.6. The lowest BCUT2D eigenvalue weighted by molar-refractivity contribution is -0.138. The molecule has 2 atom stereocenters. The molecule has 2 unspecified atom stereocenters. The van der Waals surface area contributed by atoms with E-state index in [1.807, 2.05) is 0 Å². The van der Waals surface area contributed by atoms with Crippen LogP contribution in [0.4, 0.5) is 13.2 Å². The maximum Gasteiger partial charge on any atom is 0.416 e. The van der Waals surface area contributed by atoms with Crippen LogP contribution in [0.1, 0.15) is 22.8 Å². The number of hydrogen-bond donors (Lipinski definition) is 2. The van der Waals surface area contributed by atoms with Crippen LogP contribution >= 0.6 is 0 Å². The Bertz CT molecular complexity index is 451. The Balaban J connectivity index is 3.18. The summed E-state index contributed by atoms with van der Waals surface area (Å²) >= 11 is 0. The van der Waals surface area contributed by atoms with Gasteiger partial charge in [-0.1, -0.05) is 12.1 Å². The normalized spacial score (nSPS) is 15.1. The van der Waals surface area contributed by atoms with Crippen molar-refractivity contribution in [2.24, 2.45) is 0 Å². The number of halogens is 3. The lowest BCUT2D eigenvalue weighted by Crippen LogP contribution is -2.17. The summed E-state index contributed by atoms with van der Waals surface area (Å²) in [7, 11) is 0. The van der Waals surface area contributed by atoms with Gasteiger partial charge in [0.2, 0.25) is 0 Å². The summed E-state index contributed by atoms with van der Waals surface area (Å²) in [5.41, 5.74) is -1.02. The van der Waals surface area contributed by atoms with Gasteiger partial charge < -0.3 is 10.2 Å². The van der Waals surface area contributed by atoms with Gasteiger partial charge in [-0.2, -0.15) is 18.4 Å². The highest BCUT2D eigenvalue weighted by atomic mass is 19.4. The van der Waals surface area contributed by atoms with Crippen molar-refractivity contribution < 1.29 is 23.4 Å². The van der Waals surface area contributed by atoms with Gasteiger partial charge in [-0.05, 0) is 24.1 Å². The number of nitriles is 1. The van der Waals surface area contributed by atoms with Crippen LogP contribution in [-0.2, 0) is 6.18 Å². The third-order valence-electron chi connectivity index (χ3n) is 2.34. The molecule has 0 spiro atoms. The molecule has 0 bridgehead atoms. The Morgan fingerprint density at radius 2 is 1.88 bits per heavy atom. The minimum atomic E-state index is -4.53. The van der Waals surface area contributed by atoms with Crippen LogP contribution in [0.3, 0.4) is 0 Å². The topological polar surface area (TPSA) is 64.2 Å². The van der Waals surface area contributed by atoms with Gasteiger partial charge in [-0.3, -0.25) is 0 Å². The van der Waals surface area contributed by atoms with Gasteiger partial charge in [-0.25, -0.2) is 0 Å². The molecular weight excluding hydrogens is 235 g/mol. The number of benzene rings is 1. The van der Waals surface area contributed by atoms with Crippen molar-refractivity contribution in [3.63, 3.8) is 0 Å². The summed E-state index contributed by atoms with van der Waals surface area (Å²) in [6.45, 7) is 1.29. The van der Waals surface area contributed by atoms with Gasteiger partial charge in [0.25, 0.3) is 0 Å². The largest absolute Gasteiger partial charge is 0.416 e. The monoisotopic (exact) mass is 245 g/mol. The SMILES string of the molecule is Cc1ccc(C(O)C(O)C#N)cc1C(F)(F)F. The highest BCUT2D eigenvalue weighted by Gasteiger charge is 2.33. The standard InChI is InChI=1S/C11H10F3NO2/c1-6-2-3-7(10(17)9(16)5-15)4-8(6)11(12,13)14/h2-4,9-10,16-17H,1H3. The Labute approximate surface area is 95.7 Å². The van der Waals surface area contributed by atoms with Crippen LogP contribution in [-0.4, -0.2) is 16.3 Å². The van der Waals surface area contributed by atoms with Crippen molar-refractivity contribution in [2.45, 2.75) is 25.3 Å². The molecule has 0 fully saturated rings. The first kappa shape index (κ1) is 13.5. The zero-order valence-electron chi connectivity index (χ0n) is 8.86. The van der Waals surface area contributed by atoms with E-state index in [1.54, 1.807) is 0 Å². The fourth-order valence-corrected chi connectivity index (χ4v) is 1.38. The molecule has 3 nitrogen and oxygen atoms in total. The smallest absolute Gasteiger partial charge is 0.385 e. The second-order valence-electron chi connectivity index (χ2n) is 3.59. The van der Waals surface area contributed by atoms with Gasteiger partial charge in [0.05, 0.1) is 11.6 Å². The number of nitrogens with zero attached hydrogens (tertiary/aromatic N) is 1. The highest BCUT2D eigenvalue weighted by molar-refractivity contribution is 5.35. The molecule has 2 N–H and O–H groups in total. The van der Waals surface area contributed by atoms with Crippen molar-refractivity contribution in [1.29, 1.82) is 5.26 Å². The third kappa shape index (κ3) is 2.96. The van der Waals surface area contributed by atoms with E-state index in [4.69, 9.17) is 10.4 Å². The fraction of sp³-hybridized carbons (Fsp3) is 0.364. The third-order valence-corrected chi connectivity index (χ3v) is 2.34. The van der Waals surface area contributed by atoms with E-state index in [2.05, 4.69) is 0 Å². The molecule has 0 aromatic heterocycles. The number of aryl methyl sites for hydroxylation is 1. The van der Waals surface area contributed by atoms with Crippen LogP contribution in [0.2, 0.25) is 0 Å². The first-order valence-corrected chi connectivity index (χ1v) is 4.71. The Morgan fingerprint density at radius 1 is 1.29 bits per heavy atom. The molecule has 0 aliphatic rings. The average molecular weight is 245 g/mol. The maximum absolute atomic E-state index is 12.6. The number of alkyl halides is 3. The zero-order chi connectivity index (χ0) is 13.2. The number of aliphatic hydroxyl groups excluding tert-OH is 2. The summed E-state index contributed by atoms with van der Waals surface area (Å²) in [5, 5.41) is 26.8. The molecule has 0 aliphatic carbocycles. The van der Waals surface area contributed by atoms with Crippen LogP contribution < -0.4 is 0 Å². The lowest BCUT2D eigenvalue weighted by atomic mass is 9.99. The molecule has 1 rings (SSSR count). The van der Waals surface area contributed by atoms with Gasteiger partial charge in [-0.15, -0.1) is 0 Å². The van der Waals surface area contributed by atoms with Crippen LogP contribution in [0.15, 0.2) is 18.2 Å². The molecule has 17 heavy (non-hydrogen) atoms. The van der Waals surface area contributed by atoms with Crippen molar-refractivity contribution in [1.82, 2.24) is 0 Å². The predicted molar refractivity (Wildman–Crippen MR) is 52.8 cm³/mol. The van der Waals surface area contributed by atoms with Crippen LogP contribution in [0.5, 0.6) is 0 Å². The van der Waals surface area contributed by atoms with E-state index < -0.39 is 23.9 Å². The van der Waals surface area contributed by atoms with Crippen molar-refractivity contribution in [3.8, 4) is 6.07 Å². The summed E-state index contributed by atoms with van der Waals surface area (Å²) in [6, 6.07) is 4.53. The predicted octanol–water partition coefficient (Wildman–Crippen LogP) is 1.93. The van der Waals surface area contributed by atoms with Gasteiger partial charge in [0.1, 0.15) is 6.10 Å². The zero-order valence-corrected chi connectivity index (χ0v) is 8.86.